The Labute approximate surface area is 130 Å². The molecule has 4 heteroatoms. The third kappa shape index (κ3) is 3.21. The van der Waals surface area contributed by atoms with Crippen molar-refractivity contribution < 1.29 is 13.9 Å². The highest BCUT2D eigenvalue weighted by Gasteiger charge is 2.16. The minimum Gasteiger partial charge on any atom is -0.462 e. The minimum absolute atomic E-state index is 0.262. The van der Waals surface area contributed by atoms with Crippen molar-refractivity contribution in [3.8, 4) is 0 Å². The standard InChI is InChI=1S/C18H22O4/c1-4-7-13-14(8-5-2)18(20)22-16-10-9-12(11-15(13)16)17(19)21-6-3/h9-11H,4-8H2,1-3H3. The largest absolute Gasteiger partial charge is 0.462 e. The Morgan fingerprint density at radius 2 is 1.77 bits per heavy atom. The lowest BCUT2D eigenvalue weighted by molar-refractivity contribution is 0.0526. The highest BCUT2D eigenvalue weighted by atomic mass is 16.5. The summed E-state index contributed by atoms with van der Waals surface area (Å²) in [5.41, 5.74) is 2.49. The summed E-state index contributed by atoms with van der Waals surface area (Å²) in [5.74, 6) is -0.352. The number of esters is 1. The van der Waals surface area contributed by atoms with Gasteiger partial charge in [0.1, 0.15) is 5.58 Å². The molecule has 1 aromatic heterocycles. The van der Waals surface area contributed by atoms with Crippen LogP contribution in [0.3, 0.4) is 0 Å². The summed E-state index contributed by atoms with van der Waals surface area (Å²) in [5, 5.41) is 0.843. The predicted molar refractivity (Wildman–Crippen MR) is 86.4 cm³/mol. The normalized spacial score (nSPS) is 10.9. The van der Waals surface area contributed by atoms with Crippen LogP contribution in [0.4, 0.5) is 0 Å². The zero-order chi connectivity index (χ0) is 16.1. The van der Waals surface area contributed by atoms with E-state index < -0.39 is 0 Å². The number of carbonyl (C=O) groups is 1. The Kier molecular flexibility index (Phi) is 5.36. The van der Waals surface area contributed by atoms with Crippen LogP contribution in [0.5, 0.6) is 0 Å². The van der Waals surface area contributed by atoms with Crippen molar-refractivity contribution in [2.75, 3.05) is 6.61 Å². The molecule has 0 bridgehead atoms. The van der Waals surface area contributed by atoms with Gasteiger partial charge < -0.3 is 9.15 Å². The number of ether oxygens (including phenoxy) is 1. The molecule has 0 saturated heterocycles. The Morgan fingerprint density at radius 3 is 2.41 bits per heavy atom. The van der Waals surface area contributed by atoms with E-state index >= 15 is 0 Å². The van der Waals surface area contributed by atoms with Gasteiger partial charge in [-0.3, -0.25) is 0 Å². The molecule has 0 saturated carbocycles. The van der Waals surface area contributed by atoms with Crippen LogP contribution in [0.1, 0.15) is 55.1 Å². The lowest BCUT2D eigenvalue weighted by Gasteiger charge is -2.11. The Morgan fingerprint density at radius 1 is 1.09 bits per heavy atom. The molecule has 1 aromatic carbocycles. The number of carbonyl (C=O) groups excluding carboxylic acids is 1. The number of benzene rings is 1. The maximum Gasteiger partial charge on any atom is 0.339 e. The number of aryl methyl sites for hydroxylation is 1. The van der Waals surface area contributed by atoms with Gasteiger partial charge in [-0.15, -0.1) is 0 Å². The van der Waals surface area contributed by atoms with Gasteiger partial charge in [0.15, 0.2) is 0 Å². The number of fused-ring (bicyclic) bond motifs is 1. The van der Waals surface area contributed by atoms with Crippen LogP contribution < -0.4 is 5.63 Å². The first-order valence-electron chi connectivity index (χ1n) is 7.88. The zero-order valence-corrected chi connectivity index (χ0v) is 13.4. The van der Waals surface area contributed by atoms with Gasteiger partial charge in [0.2, 0.25) is 0 Å². The Hall–Kier alpha value is -2.10. The zero-order valence-electron chi connectivity index (χ0n) is 13.4. The molecule has 0 fully saturated rings. The van der Waals surface area contributed by atoms with Crippen molar-refractivity contribution in [2.24, 2.45) is 0 Å². The van der Waals surface area contributed by atoms with Crippen LogP contribution in [0, 0.1) is 0 Å². The molecule has 0 aliphatic rings. The van der Waals surface area contributed by atoms with E-state index in [1.807, 2.05) is 6.92 Å². The van der Waals surface area contributed by atoms with Crippen molar-refractivity contribution in [3.05, 3.63) is 45.3 Å². The molecule has 22 heavy (non-hydrogen) atoms. The number of rotatable bonds is 6. The fourth-order valence-corrected chi connectivity index (χ4v) is 2.68. The first-order chi connectivity index (χ1) is 10.6. The third-order valence-electron chi connectivity index (χ3n) is 3.63. The molecule has 0 aliphatic heterocycles. The first kappa shape index (κ1) is 16.3. The monoisotopic (exact) mass is 302 g/mol. The van der Waals surface area contributed by atoms with E-state index in [-0.39, 0.29) is 11.6 Å². The summed E-state index contributed by atoms with van der Waals surface area (Å²) in [6, 6.07) is 5.09. The highest BCUT2D eigenvalue weighted by Crippen LogP contribution is 2.24. The molecule has 2 aromatic rings. The van der Waals surface area contributed by atoms with Crippen LogP contribution in [0.2, 0.25) is 0 Å². The molecule has 0 unspecified atom stereocenters. The lowest BCUT2D eigenvalue weighted by atomic mass is 9.96. The van der Waals surface area contributed by atoms with Gasteiger partial charge in [-0.2, -0.15) is 0 Å². The summed E-state index contributed by atoms with van der Waals surface area (Å²) < 4.78 is 10.5. The van der Waals surface area contributed by atoms with Crippen LogP contribution in [0.15, 0.2) is 27.4 Å². The second kappa shape index (κ2) is 7.25. The molecule has 0 radical (unpaired) electrons. The molecule has 0 N–H and O–H groups in total. The molecular formula is C18H22O4. The van der Waals surface area contributed by atoms with Crippen molar-refractivity contribution in [1.29, 1.82) is 0 Å². The Balaban J connectivity index is 2.67. The molecule has 0 spiro atoms. The SMILES string of the molecule is CCCc1c(CCC)c2cc(C(=O)OCC)ccc2oc1=O. The van der Waals surface area contributed by atoms with Crippen molar-refractivity contribution >= 4 is 16.9 Å². The van der Waals surface area contributed by atoms with Gasteiger partial charge in [0, 0.05) is 10.9 Å². The third-order valence-corrected chi connectivity index (χ3v) is 3.63. The van der Waals surface area contributed by atoms with E-state index in [1.165, 1.54) is 0 Å². The average molecular weight is 302 g/mol. The molecule has 2 rings (SSSR count). The van der Waals surface area contributed by atoms with Crippen LogP contribution >= 0.6 is 0 Å². The van der Waals surface area contributed by atoms with Crippen molar-refractivity contribution in [1.82, 2.24) is 0 Å². The predicted octanol–water partition coefficient (Wildman–Crippen LogP) is 3.87. The van der Waals surface area contributed by atoms with E-state index in [2.05, 4.69) is 6.92 Å². The van der Waals surface area contributed by atoms with E-state index in [9.17, 15) is 9.59 Å². The topological polar surface area (TPSA) is 56.5 Å². The molecule has 4 nitrogen and oxygen atoms in total. The van der Waals surface area contributed by atoms with Crippen molar-refractivity contribution in [2.45, 2.75) is 46.5 Å². The summed E-state index contributed by atoms with van der Waals surface area (Å²) in [4.78, 5) is 24.1. The van der Waals surface area contributed by atoms with E-state index in [1.54, 1.807) is 25.1 Å². The van der Waals surface area contributed by atoms with Gasteiger partial charge >= 0.3 is 11.6 Å². The number of hydrogen-bond acceptors (Lipinski definition) is 4. The van der Waals surface area contributed by atoms with E-state index in [0.29, 0.717) is 24.2 Å². The lowest BCUT2D eigenvalue weighted by Crippen LogP contribution is -2.12. The fourth-order valence-electron chi connectivity index (χ4n) is 2.68. The van der Waals surface area contributed by atoms with Gasteiger partial charge in [0.05, 0.1) is 12.2 Å². The van der Waals surface area contributed by atoms with E-state index in [0.717, 1.165) is 35.8 Å². The van der Waals surface area contributed by atoms with Gasteiger partial charge in [0.25, 0.3) is 0 Å². The second-order valence-corrected chi connectivity index (χ2v) is 5.28. The average Bonchev–Trinajstić information content (AvgIpc) is 2.50. The first-order valence-corrected chi connectivity index (χ1v) is 7.88. The van der Waals surface area contributed by atoms with Gasteiger partial charge in [-0.1, -0.05) is 26.7 Å². The van der Waals surface area contributed by atoms with Crippen LogP contribution in [-0.4, -0.2) is 12.6 Å². The van der Waals surface area contributed by atoms with Crippen molar-refractivity contribution in [3.63, 3.8) is 0 Å². The van der Waals surface area contributed by atoms with E-state index in [4.69, 9.17) is 9.15 Å². The second-order valence-electron chi connectivity index (χ2n) is 5.28. The molecule has 0 aliphatic carbocycles. The summed E-state index contributed by atoms with van der Waals surface area (Å²) in [7, 11) is 0. The molecular weight excluding hydrogens is 280 g/mol. The highest BCUT2D eigenvalue weighted by molar-refractivity contribution is 5.95. The molecule has 118 valence electrons. The summed E-state index contributed by atoms with van der Waals surface area (Å²) >= 11 is 0. The van der Waals surface area contributed by atoms with Gasteiger partial charge in [-0.05, 0) is 43.5 Å². The summed E-state index contributed by atoms with van der Waals surface area (Å²) in [6.45, 7) is 6.23. The molecule has 1 heterocycles. The van der Waals surface area contributed by atoms with Crippen LogP contribution in [0.25, 0.3) is 11.0 Å². The quantitative estimate of drug-likeness (QED) is 0.600. The summed E-state index contributed by atoms with van der Waals surface area (Å²) in [6.07, 6.45) is 3.30. The maximum absolute atomic E-state index is 12.2. The smallest absolute Gasteiger partial charge is 0.339 e. The molecule has 0 amide bonds. The maximum atomic E-state index is 12.2. The minimum atomic E-state index is -0.352. The molecule has 0 atom stereocenters. The van der Waals surface area contributed by atoms with Crippen LogP contribution in [-0.2, 0) is 17.6 Å². The fraction of sp³-hybridized carbons (Fsp3) is 0.444. The Bertz CT molecular complexity index is 728. The van der Waals surface area contributed by atoms with Gasteiger partial charge in [-0.25, -0.2) is 9.59 Å². The number of hydrogen-bond donors (Lipinski definition) is 0.